The number of hydrogen-bond donors (Lipinski definition) is 0. The maximum Gasteiger partial charge on any atom is 0.136 e. The van der Waals surface area contributed by atoms with E-state index in [1.165, 1.54) is 33.0 Å². The molecule has 2 nitrogen and oxygen atoms in total. The van der Waals surface area contributed by atoms with Gasteiger partial charge in [-0.15, -0.1) is 0 Å². The molecule has 1 aromatic heterocycles. The van der Waals surface area contributed by atoms with Crippen LogP contribution in [0.3, 0.4) is 0 Å². The first kappa shape index (κ1) is 27.9. The number of anilines is 3. The van der Waals surface area contributed by atoms with Crippen molar-refractivity contribution >= 4 is 49.8 Å². The lowest BCUT2D eigenvalue weighted by molar-refractivity contribution is 0.669. The summed E-state index contributed by atoms with van der Waals surface area (Å²) in [5.74, 6) is 0. The van der Waals surface area contributed by atoms with Crippen LogP contribution in [0.15, 0.2) is 192 Å². The van der Waals surface area contributed by atoms with E-state index in [1.807, 2.05) is 6.07 Å². The highest BCUT2D eigenvalue weighted by Gasteiger charge is 2.19. The molecule has 9 aromatic rings. The van der Waals surface area contributed by atoms with Crippen molar-refractivity contribution in [2.75, 3.05) is 4.90 Å². The zero-order valence-electron chi connectivity index (χ0n) is 26.3. The second-order valence-electron chi connectivity index (χ2n) is 12.2. The van der Waals surface area contributed by atoms with Gasteiger partial charge in [-0.05, 0) is 92.7 Å². The van der Waals surface area contributed by atoms with Crippen molar-refractivity contribution < 1.29 is 4.42 Å². The molecule has 0 spiro atoms. The van der Waals surface area contributed by atoms with E-state index in [0.717, 1.165) is 50.1 Å². The van der Waals surface area contributed by atoms with Gasteiger partial charge in [-0.3, -0.25) is 0 Å². The van der Waals surface area contributed by atoms with Crippen molar-refractivity contribution in [2.24, 2.45) is 0 Å². The number of para-hydroxylation sites is 1. The molecule has 0 fully saturated rings. The Morgan fingerprint density at radius 3 is 1.46 bits per heavy atom. The molecule has 0 N–H and O–H groups in total. The smallest absolute Gasteiger partial charge is 0.136 e. The Hall–Kier alpha value is -6.38. The fraction of sp³-hybridized carbons (Fsp3) is 0. The average molecular weight is 614 g/mol. The Kier molecular flexibility index (Phi) is 6.84. The lowest BCUT2D eigenvalue weighted by Gasteiger charge is -2.27. The Labute approximate surface area is 279 Å². The van der Waals surface area contributed by atoms with Gasteiger partial charge < -0.3 is 9.32 Å². The van der Waals surface area contributed by atoms with E-state index >= 15 is 0 Å². The van der Waals surface area contributed by atoms with Crippen LogP contribution < -0.4 is 4.90 Å². The van der Waals surface area contributed by atoms with Crippen molar-refractivity contribution in [3.8, 4) is 33.4 Å². The maximum absolute atomic E-state index is 6.44. The largest absolute Gasteiger partial charge is 0.456 e. The van der Waals surface area contributed by atoms with Gasteiger partial charge in [0.2, 0.25) is 0 Å². The highest BCUT2D eigenvalue weighted by molar-refractivity contribution is 6.22. The number of nitrogens with zero attached hydrogens (tertiary/aromatic N) is 1. The van der Waals surface area contributed by atoms with E-state index in [1.54, 1.807) is 0 Å². The van der Waals surface area contributed by atoms with Gasteiger partial charge in [-0.2, -0.15) is 0 Å². The molecule has 226 valence electrons. The first-order valence-electron chi connectivity index (χ1n) is 16.3. The minimum absolute atomic E-state index is 0.901. The Morgan fingerprint density at radius 2 is 0.833 bits per heavy atom. The van der Waals surface area contributed by atoms with E-state index in [4.69, 9.17) is 4.42 Å². The molecule has 0 saturated carbocycles. The highest BCUT2D eigenvalue weighted by Crippen LogP contribution is 2.44. The van der Waals surface area contributed by atoms with Crippen LogP contribution in [-0.2, 0) is 0 Å². The second kappa shape index (κ2) is 11.8. The summed E-state index contributed by atoms with van der Waals surface area (Å²) in [6.45, 7) is 0. The first-order valence-corrected chi connectivity index (χ1v) is 16.3. The van der Waals surface area contributed by atoms with Crippen LogP contribution in [0.4, 0.5) is 17.1 Å². The van der Waals surface area contributed by atoms with Crippen LogP contribution >= 0.6 is 0 Å². The average Bonchev–Trinajstić information content (AvgIpc) is 3.55. The van der Waals surface area contributed by atoms with Crippen molar-refractivity contribution in [1.29, 1.82) is 0 Å². The first-order chi connectivity index (χ1) is 23.8. The maximum atomic E-state index is 6.44. The fourth-order valence-electron chi connectivity index (χ4n) is 6.98. The summed E-state index contributed by atoms with van der Waals surface area (Å²) in [5, 5.41) is 4.64. The predicted octanol–water partition coefficient (Wildman–Crippen LogP) is 13.2. The SMILES string of the molecule is c1ccc(-c2cccc(N(c3cccc(-c4ccccc4)c3)c3ccc4c(c3)c(-c3ccccc3)cc3oc5ccccc5c34)c2)cc1. The third kappa shape index (κ3) is 4.92. The molecule has 0 bridgehead atoms. The summed E-state index contributed by atoms with van der Waals surface area (Å²) in [6, 6.07) is 66.9. The molecule has 1 heterocycles. The van der Waals surface area contributed by atoms with Gasteiger partial charge >= 0.3 is 0 Å². The molecule has 0 aliphatic heterocycles. The van der Waals surface area contributed by atoms with Gasteiger partial charge in [0.15, 0.2) is 0 Å². The van der Waals surface area contributed by atoms with Gasteiger partial charge in [0.25, 0.3) is 0 Å². The molecule has 2 heteroatoms. The molecule has 9 rings (SSSR count). The summed E-state index contributed by atoms with van der Waals surface area (Å²) in [7, 11) is 0. The van der Waals surface area contributed by atoms with Gasteiger partial charge in [0, 0.05) is 27.8 Å². The molecule has 0 amide bonds. The fourth-order valence-corrected chi connectivity index (χ4v) is 6.98. The van der Waals surface area contributed by atoms with Crippen LogP contribution in [0.2, 0.25) is 0 Å². The van der Waals surface area contributed by atoms with E-state index in [0.29, 0.717) is 0 Å². The van der Waals surface area contributed by atoms with Crippen molar-refractivity contribution in [1.82, 2.24) is 0 Å². The Morgan fingerprint density at radius 1 is 0.312 bits per heavy atom. The summed E-state index contributed by atoms with van der Waals surface area (Å²) < 4.78 is 6.44. The Bertz CT molecular complexity index is 2470. The molecule has 0 aliphatic rings. The minimum atomic E-state index is 0.901. The van der Waals surface area contributed by atoms with Crippen molar-refractivity contribution in [2.45, 2.75) is 0 Å². The molecule has 0 atom stereocenters. The topological polar surface area (TPSA) is 16.4 Å². The third-order valence-electron chi connectivity index (χ3n) is 9.23. The van der Waals surface area contributed by atoms with Crippen molar-refractivity contribution in [3.63, 3.8) is 0 Å². The summed E-state index contributed by atoms with van der Waals surface area (Å²) >= 11 is 0. The molecular formula is C46H31NO. The molecule has 0 aliphatic carbocycles. The van der Waals surface area contributed by atoms with Gasteiger partial charge in [0.05, 0.1) is 0 Å². The summed E-state index contributed by atoms with van der Waals surface area (Å²) in [6.07, 6.45) is 0. The van der Waals surface area contributed by atoms with Crippen LogP contribution in [-0.4, -0.2) is 0 Å². The van der Waals surface area contributed by atoms with Gasteiger partial charge in [-0.25, -0.2) is 0 Å². The standard InChI is InChI=1S/C46H31NO/c1-4-14-32(15-5-1)35-20-12-22-37(28-35)47(38-23-13-21-36(29-38)33-16-6-2-7-17-33)39-26-27-40-43(30-39)42(34-18-8-3-9-19-34)31-45-46(40)41-24-10-11-25-44(41)48-45/h1-31H. The monoisotopic (exact) mass is 613 g/mol. The normalized spacial score (nSPS) is 11.3. The molecule has 48 heavy (non-hydrogen) atoms. The van der Waals surface area contributed by atoms with Gasteiger partial charge in [-0.1, -0.05) is 140 Å². The Balaban J connectivity index is 1.31. The molecular weight excluding hydrogens is 583 g/mol. The van der Waals surface area contributed by atoms with E-state index in [9.17, 15) is 0 Å². The number of benzene rings is 8. The predicted molar refractivity (Wildman–Crippen MR) is 202 cm³/mol. The minimum Gasteiger partial charge on any atom is -0.456 e. The van der Waals surface area contributed by atoms with Crippen molar-refractivity contribution in [3.05, 3.63) is 188 Å². The molecule has 8 aromatic carbocycles. The van der Waals surface area contributed by atoms with E-state index < -0.39 is 0 Å². The van der Waals surface area contributed by atoms with E-state index in [-0.39, 0.29) is 0 Å². The third-order valence-corrected chi connectivity index (χ3v) is 9.23. The lowest BCUT2D eigenvalue weighted by Crippen LogP contribution is -2.10. The molecule has 0 unspecified atom stereocenters. The molecule has 0 saturated heterocycles. The van der Waals surface area contributed by atoms with Crippen LogP contribution in [0.5, 0.6) is 0 Å². The number of hydrogen-bond acceptors (Lipinski definition) is 2. The number of fused-ring (bicyclic) bond motifs is 5. The van der Waals surface area contributed by atoms with Crippen LogP contribution in [0.25, 0.3) is 66.1 Å². The van der Waals surface area contributed by atoms with Crippen LogP contribution in [0, 0.1) is 0 Å². The second-order valence-corrected chi connectivity index (χ2v) is 12.2. The molecule has 0 radical (unpaired) electrons. The van der Waals surface area contributed by atoms with E-state index in [2.05, 4.69) is 187 Å². The summed E-state index contributed by atoms with van der Waals surface area (Å²) in [4.78, 5) is 2.38. The highest BCUT2D eigenvalue weighted by atomic mass is 16.3. The number of furan rings is 1. The quantitative estimate of drug-likeness (QED) is 0.185. The zero-order valence-corrected chi connectivity index (χ0v) is 26.3. The van der Waals surface area contributed by atoms with Crippen LogP contribution in [0.1, 0.15) is 0 Å². The summed E-state index contributed by atoms with van der Waals surface area (Å²) in [5.41, 5.74) is 12.1. The zero-order chi connectivity index (χ0) is 31.9. The number of rotatable bonds is 6. The lowest BCUT2D eigenvalue weighted by atomic mass is 9.94. The van der Waals surface area contributed by atoms with Gasteiger partial charge in [0.1, 0.15) is 11.2 Å².